The van der Waals surface area contributed by atoms with Gasteiger partial charge in [-0.3, -0.25) is 9.59 Å². The molecule has 1 aromatic carbocycles. The third kappa shape index (κ3) is 3.70. The quantitative estimate of drug-likeness (QED) is 0.797. The van der Waals surface area contributed by atoms with E-state index in [1.54, 1.807) is 6.92 Å². The summed E-state index contributed by atoms with van der Waals surface area (Å²) < 4.78 is 0. The predicted molar refractivity (Wildman–Crippen MR) is 66.3 cm³/mol. The van der Waals surface area contributed by atoms with Crippen LogP contribution in [0.1, 0.15) is 41.3 Å². The van der Waals surface area contributed by atoms with Crippen molar-refractivity contribution in [3.63, 3.8) is 0 Å². The smallest absolute Gasteiger partial charge is 0.303 e. The Morgan fingerprint density at radius 1 is 1.18 bits per heavy atom. The van der Waals surface area contributed by atoms with Gasteiger partial charge in [-0.05, 0) is 30.9 Å². The zero-order valence-electron chi connectivity index (χ0n) is 10.5. The van der Waals surface area contributed by atoms with E-state index in [-0.39, 0.29) is 24.5 Å². The molecule has 17 heavy (non-hydrogen) atoms. The van der Waals surface area contributed by atoms with Gasteiger partial charge in [0.2, 0.25) is 0 Å². The van der Waals surface area contributed by atoms with E-state index in [1.807, 2.05) is 32.0 Å². The number of aliphatic carboxylic acids is 1. The van der Waals surface area contributed by atoms with Gasteiger partial charge in [0.1, 0.15) is 0 Å². The second-order valence-electron chi connectivity index (χ2n) is 4.60. The van der Waals surface area contributed by atoms with E-state index in [4.69, 9.17) is 5.11 Å². The van der Waals surface area contributed by atoms with E-state index in [9.17, 15) is 9.59 Å². The highest BCUT2D eigenvalue weighted by Crippen LogP contribution is 2.19. The molecule has 1 atom stereocenters. The molecule has 0 bridgehead atoms. The molecule has 3 nitrogen and oxygen atoms in total. The SMILES string of the molecule is Cc1cccc(C)c1C(=O)C[C@H](C)CC(=O)O. The molecule has 0 aromatic heterocycles. The number of benzene rings is 1. The van der Waals surface area contributed by atoms with Crippen LogP contribution in [0.15, 0.2) is 18.2 Å². The maximum absolute atomic E-state index is 12.1. The summed E-state index contributed by atoms with van der Waals surface area (Å²) in [6.45, 7) is 5.60. The maximum atomic E-state index is 12.1. The number of carboxylic acid groups (broad SMARTS) is 1. The van der Waals surface area contributed by atoms with E-state index < -0.39 is 5.97 Å². The Morgan fingerprint density at radius 3 is 2.18 bits per heavy atom. The molecule has 0 unspecified atom stereocenters. The lowest BCUT2D eigenvalue weighted by Gasteiger charge is -2.11. The lowest BCUT2D eigenvalue weighted by molar-refractivity contribution is -0.137. The third-order valence-electron chi connectivity index (χ3n) is 2.82. The number of aryl methyl sites for hydroxylation is 2. The monoisotopic (exact) mass is 234 g/mol. The summed E-state index contributed by atoms with van der Waals surface area (Å²) in [6.07, 6.45) is 0.328. The van der Waals surface area contributed by atoms with Gasteiger partial charge in [-0.15, -0.1) is 0 Å². The van der Waals surface area contributed by atoms with Gasteiger partial charge in [0.15, 0.2) is 5.78 Å². The average Bonchev–Trinajstić information content (AvgIpc) is 2.15. The number of ketones is 1. The number of hydrogen-bond acceptors (Lipinski definition) is 2. The van der Waals surface area contributed by atoms with E-state index in [0.29, 0.717) is 0 Å². The maximum Gasteiger partial charge on any atom is 0.303 e. The molecule has 0 saturated carbocycles. The van der Waals surface area contributed by atoms with Crippen LogP contribution in [0.2, 0.25) is 0 Å². The van der Waals surface area contributed by atoms with Crippen LogP contribution in [0.4, 0.5) is 0 Å². The summed E-state index contributed by atoms with van der Waals surface area (Å²) >= 11 is 0. The first kappa shape index (κ1) is 13.4. The van der Waals surface area contributed by atoms with Crippen LogP contribution in [0.3, 0.4) is 0 Å². The lowest BCUT2D eigenvalue weighted by Crippen LogP contribution is -2.12. The van der Waals surface area contributed by atoms with Gasteiger partial charge in [0.25, 0.3) is 0 Å². The van der Waals surface area contributed by atoms with Gasteiger partial charge in [0.05, 0.1) is 0 Å². The van der Waals surface area contributed by atoms with Crippen molar-refractivity contribution in [1.29, 1.82) is 0 Å². The molecule has 0 amide bonds. The summed E-state index contributed by atoms with van der Waals surface area (Å²) in [5.41, 5.74) is 2.65. The van der Waals surface area contributed by atoms with Gasteiger partial charge in [-0.25, -0.2) is 0 Å². The number of Topliss-reactive ketones (excluding diaryl/α,β-unsaturated/α-hetero) is 1. The molecule has 1 rings (SSSR count). The summed E-state index contributed by atoms with van der Waals surface area (Å²) in [5, 5.41) is 8.67. The lowest BCUT2D eigenvalue weighted by atomic mass is 9.92. The fourth-order valence-electron chi connectivity index (χ4n) is 2.04. The Morgan fingerprint density at radius 2 is 1.71 bits per heavy atom. The molecule has 1 N–H and O–H groups in total. The average molecular weight is 234 g/mol. The second-order valence-corrected chi connectivity index (χ2v) is 4.60. The minimum atomic E-state index is -0.855. The Bertz CT molecular complexity index is 415. The van der Waals surface area contributed by atoms with Gasteiger partial charge < -0.3 is 5.11 Å². The zero-order chi connectivity index (χ0) is 13.0. The Labute approximate surface area is 101 Å². The van der Waals surface area contributed by atoms with Gasteiger partial charge in [-0.1, -0.05) is 25.1 Å². The van der Waals surface area contributed by atoms with Crippen LogP contribution in [-0.2, 0) is 4.79 Å². The third-order valence-corrected chi connectivity index (χ3v) is 2.82. The summed E-state index contributed by atoms with van der Waals surface area (Å²) in [4.78, 5) is 22.6. The van der Waals surface area contributed by atoms with E-state index in [1.165, 1.54) is 0 Å². The Balaban J connectivity index is 2.80. The largest absolute Gasteiger partial charge is 0.481 e. The van der Waals surface area contributed by atoms with Gasteiger partial charge >= 0.3 is 5.97 Å². The first-order valence-electron chi connectivity index (χ1n) is 5.73. The molecule has 0 heterocycles. The van der Waals surface area contributed by atoms with Crippen LogP contribution < -0.4 is 0 Å². The number of carbonyl (C=O) groups is 2. The standard InChI is InChI=1S/C14H18O3/c1-9(8-13(16)17)7-12(15)14-10(2)5-4-6-11(14)3/h4-6,9H,7-8H2,1-3H3,(H,16,17)/t9-/m0/s1. The number of rotatable bonds is 5. The zero-order valence-corrected chi connectivity index (χ0v) is 10.5. The van der Waals surface area contributed by atoms with Crippen molar-refractivity contribution >= 4 is 11.8 Å². The van der Waals surface area contributed by atoms with Crippen molar-refractivity contribution in [1.82, 2.24) is 0 Å². The molecule has 0 aliphatic rings. The van der Waals surface area contributed by atoms with E-state index >= 15 is 0 Å². The number of carbonyl (C=O) groups excluding carboxylic acids is 1. The summed E-state index contributed by atoms with van der Waals surface area (Å²) in [5.74, 6) is -0.944. The Hall–Kier alpha value is -1.64. The molecule has 0 spiro atoms. The minimum absolute atomic E-state index is 0.0364. The highest BCUT2D eigenvalue weighted by molar-refractivity contribution is 5.99. The molecule has 92 valence electrons. The number of carboxylic acids is 1. The highest BCUT2D eigenvalue weighted by atomic mass is 16.4. The molecule has 0 aliphatic carbocycles. The van der Waals surface area contributed by atoms with Crippen LogP contribution in [0.25, 0.3) is 0 Å². The highest BCUT2D eigenvalue weighted by Gasteiger charge is 2.16. The first-order valence-corrected chi connectivity index (χ1v) is 5.73. The topological polar surface area (TPSA) is 54.4 Å². The van der Waals surface area contributed by atoms with Crippen LogP contribution in [0, 0.1) is 19.8 Å². The van der Waals surface area contributed by atoms with Gasteiger partial charge in [0, 0.05) is 18.4 Å². The fourth-order valence-corrected chi connectivity index (χ4v) is 2.04. The summed E-state index contributed by atoms with van der Waals surface area (Å²) in [6, 6.07) is 5.73. The van der Waals surface area contributed by atoms with Crippen LogP contribution in [0.5, 0.6) is 0 Å². The molecule has 1 aromatic rings. The van der Waals surface area contributed by atoms with Crippen LogP contribution in [-0.4, -0.2) is 16.9 Å². The first-order chi connectivity index (χ1) is 7.91. The molecule has 0 radical (unpaired) electrons. The fraction of sp³-hybridized carbons (Fsp3) is 0.429. The Kier molecular flexibility index (Phi) is 4.44. The molecular weight excluding hydrogens is 216 g/mol. The normalized spacial score (nSPS) is 12.2. The second kappa shape index (κ2) is 5.62. The van der Waals surface area contributed by atoms with Crippen molar-refractivity contribution in [2.24, 2.45) is 5.92 Å². The predicted octanol–water partition coefficient (Wildman–Crippen LogP) is 2.99. The molecule has 0 fully saturated rings. The number of hydrogen-bond donors (Lipinski definition) is 1. The molecule has 0 saturated heterocycles. The van der Waals surface area contributed by atoms with Crippen molar-refractivity contribution in [3.8, 4) is 0 Å². The molecular formula is C14H18O3. The summed E-state index contributed by atoms with van der Waals surface area (Å²) in [7, 11) is 0. The van der Waals surface area contributed by atoms with E-state index in [0.717, 1.165) is 16.7 Å². The van der Waals surface area contributed by atoms with Crippen molar-refractivity contribution in [2.75, 3.05) is 0 Å². The van der Waals surface area contributed by atoms with Crippen LogP contribution >= 0.6 is 0 Å². The van der Waals surface area contributed by atoms with Crippen molar-refractivity contribution in [2.45, 2.75) is 33.6 Å². The molecule has 0 aliphatic heterocycles. The molecule has 3 heteroatoms. The van der Waals surface area contributed by atoms with E-state index in [2.05, 4.69) is 0 Å². The van der Waals surface area contributed by atoms with Crippen molar-refractivity contribution < 1.29 is 14.7 Å². The van der Waals surface area contributed by atoms with Crippen molar-refractivity contribution in [3.05, 3.63) is 34.9 Å². The van der Waals surface area contributed by atoms with Gasteiger partial charge in [-0.2, -0.15) is 0 Å². The minimum Gasteiger partial charge on any atom is -0.481 e.